The molecule has 4 aliphatic rings. The fourth-order valence-corrected chi connectivity index (χ4v) is 9.47. The number of hydrogen-bond donors (Lipinski definition) is 1. The molecule has 1 radical (unpaired) electrons. The van der Waals surface area contributed by atoms with E-state index in [2.05, 4.69) is 51.5 Å². The Morgan fingerprint density at radius 1 is 1.06 bits per heavy atom. The van der Waals surface area contributed by atoms with E-state index in [0.29, 0.717) is 18.8 Å². The predicted molar refractivity (Wildman–Crippen MR) is 123 cm³/mol. The molecule has 0 spiro atoms. The number of hydrogen-bond acceptors (Lipinski definition) is 1. The van der Waals surface area contributed by atoms with Crippen LogP contribution in [0.3, 0.4) is 0 Å². The number of halogens is 3. The number of aliphatic hydroxyl groups is 1. The van der Waals surface area contributed by atoms with Crippen LogP contribution < -0.4 is 0 Å². The van der Waals surface area contributed by atoms with Gasteiger partial charge in [0.15, 0.2) is 5.60 Å². The molecule has 4 saturated carbocycles. The smallest absolute Gasteiger partial charge is 0.380 e. The third-order valence-corrected chi connectivity index (χ3v) is 10.8. The predicted octanol–water partition coefficient (Wildman–Crippen LogP) is 7.59. The van der Waals surface area contributed by atoms with Gasteiger partial charge in [-0.15, -0.1) is 12.3 Å². The number of allylic oxidation sites excluding steroid dienone is 3. The van der Waals surface area contributed by atoms with Crippen LogP contribution in [0, 0.1) is 46.3 Å². The fraction of sp³-hybridized carbons (Fsp3) is 0.714. The third-order valence-electron chi connectivity index (χ3n) is 10.8. The van der Waals surface area contributed by atoms with Crippen LogP contribution in [0.1, 0.15) is 71.6 Å². The molecule has 4 rings (SSSR count). The minimum atomic E-state index is -4.60. The average molecular weight is 551 g/mol. The van der Waals surface area contributed by atoms with Crippen molar-refractivity contribution in [2.24, 2.45) is 39.4 Å². The Balaban J connectivity index is 0.00000306. The topological polar surface area (TPSA) is 20.2 Å². The maximum absolute atomic E-state index is 13.8. The molecular formula is C28H38F3ORh-. The minimum absolute atomic E-state index is 0. The molecular weight excluding hydrogens is 512 g/mol. The normalized spacial score (nSPS) is 48.8. The van der Waals surface area contributed by atoms with Gasteiger partial charge in [0.1, 0.15) is 0 Å². The molecule has 0 heterocycles. The van der Waals surface area contributed by atoms with E-state index in [4.69, 9.17) is 0 Å². The molecule has 1 N–H and O–H groups in total. The summed E-state index contributed by atoms with van der Waals surface area (Å²) in [5.41, 5.74) is 0.519. The molecule has 0 aromatic rings. The molecule has 0 aliphatic heterocycles. The minimum Gasteiger partial charge on any atom is -0.380 e. The van der Waals surface area contributed by atoms with Crippen LogP contribution >= 0.6 is 0 Å². The van der Waals surface area contributed by atoms with Gasteiger partial charge in [0.2, 0.25) is 0 Å². The molecule has 0 aromatic heterocycles. The Bertz CT molecular complexity index is 875. The van der Waals surface area contributed by atoms with Crippen molar-refractivity contribution in [3.05, 3.63) is 50.1 Å². The largest absolute Gasteiger partial charge is 0.417 e. The van der Waals surface area contributed by atoms with Crippen molar-refractivity contribution in [1.82, 2.24) is 0 Å². The molecule has 0 bridgehead atoms. The summed E-state index contributed by atoms with van der Waals surface area (Å²) in [5.74, 6) is 0.676. The molecule has 1 nitrogen and oxygen atoms in total. The zero-order chi connectivity index (χ0) is 23.8. The van der Waals surface area contributed by atoms with Crippen molar-refractivity contribution < 1.29 is 37.8 Å². The van der Waals surface area contributed by atoms with Crippen LogP contribution in [-0.4, -0.2) is 16.9 Å². The van der Waals surface area contributed by atoms with Crippen LogP contribution in [0.4, 0.5) is 13.2 Å². The van der Waals surface area contributed by atoms with Crippen molar-refractivity contribution in [3.8, 4) is 0 Å². The first-order chi connectivity index (χ1) is 14.8. The Hall–Kier alpha value is -0.757. The van der Waals surface area contributed by atoms with Gasteiger partial charge in [0.05, 0.1) is 0 Å². The SMILES string of the molecule is C=C=C[C@]12CC[C@]3(C)[C@@H](C(=C)[CH2-])CC[C@@]3(C=C)[C@@H]1CC[C@]1(C)C[C@@](O)(C(F)(F)F)CC[C@@H]12.[Rh]. The first-order valence-electron chi connectivity index (χ1n) is 12.1. The van der Waals surface area contributed by atoms with E-state index in [9.17, 15) is 18.3 Å². The standard InChI is InChI=1S/C28H38F3O.Rh/c1-7-12-25-17-16-24(6)20(19(3)4)9-14-26(24,8-2)22(25)10-13-23(5)18-27(32,28(29,30)31)15-11-21(23)25;/h8,12,20-22,32H,1-4,9-11,13-18H2,5-6H3;/q-1;/t20-,21+,22-,23-,24-,25-,26+,27-;/m1./s1. The van der Waals surface area contributed by atoms with Crippen LogP contribution in [0.5, 0.6) is 0 Å². The van der Waals surface area contributed by atoms with Gasteiger partial charge in [-0.25, -0.2) is 19.1 Å². The Morgan fingerprint density at radius 2 is 1.70 bits per heavy atom. The maximum atomic E-state index is 13.8. The van der Waals surface area contributed by atoms with Gasteiger partial charge in [0.25, 0.3) is 0 Å². The van der Waals surface area contributed by atoms with E-state index in [-0.39, 0.29) is 60.4 Å². The zero-order valence-electron chi connectivity index (χ0n) is 20.0. The van der Waals surface area contributed by atoms with Crippen molar-refractivity contribution >= 4 is 0 Å². The van der Waals surface area contributed by atoms with E-state index < -0.39 is 17.2 Å². The van der Waals surface area contributed by atoms with Gasteiger partial charge in [-0.1, -0.05) is 26.5 Å². The van der Waals surface area contributed by atoms with E-state index in [1.165, 1.54) is 0 Å². The summed E-state index contributed by atoms with van der Waals surface area (Å²) in [7, 11) is 0. The number of rotatable bonds is 3. The van der Waals surface area contributed by atoms with Crippen molar-refractivity contribution in [3.63, 3.8) is 0 Å². The van der Waals surface area contributed by atoms with Gasteiger partial charge in [-0.2, -0.15) is 13.2 Å². The molecule has 0 aromatic carbocycles. The molecule has 8 atom stereocenters. The molecule has 187 valence electrons. The van der Waals surface area contributed by atoms with E-state index in [1.54, 1.807) is 0 Å². The van der Waals surface area contributed by atoms with Gasteiger partial charge in [-0.3, -0.25) is 0 Å². The summed E-state index contributed by atoms with van der Waals surface area (Å²) in [6.45, 7) is 21.0. The van der Waals surface area contributed by atoms with Crippen LogP contribution in [0.15, 0.2) is 43.2 Å². The van der Waals surface area contributed by atoms with Gasteiger partial charge in [-0.05, 0) is 97.9 Å². The molecule has 0 unspecified atom stereocenters. The fourth-order valence-electron chi connectivity index (χ4n) is 9.47. The molecule has 0 amide bonds. The molecule has 4 aliphatic carbocycles. The molecule has 5 heteroatoms. The van der Waals surface area contributed by atoms with E-state index in [0.717, 1.165) is 37.7 Å². The first kappa shape index (κ1) is 26.8. The first-order valence-corrected chi connectivity index (χ1v) is 12.1. The maximum Gasteiger partial charge on any atom is 0.417 e. The summed E-state index contributed by atoms with van der Waals surface area (Å²) in [6.07, 6.45) is 5.03. The van der Waals surface area contributed by atoms with Crippen molar-refractivity contribution in [2.45, 2.75) is 83.4 Å². The summed E-state index contributed by atoms with van der Waals surface area (Å²) in [5, 5.41) is 10.6. The zero-order valence-corrected chi connectivity index (χ0v) is 21.6. The summed E-state index contributed by atoms with van der Waals surface area (Å²) < 4.78 is 41.4. The second kappa shape index (κ2) is 8.14. The van der Waals surface area contributed by atoms with Crippen LogP contribution in [-0.2, 0) is 19.5 Å². The monoisotopic (exact) mass is 550 g/mol. The van der Waals surface area contributed by atoms with Crippen molar-refractivity contribution in [2.75, 3.05) is 0 Å². The summed E-state index contributed by atoms with van der Waals surface area (Å²) in [6, 6.07) is 0. The summed E-state index contributed by atoms with van der Waals surface area (Å²) in [4.78, 5) is 0. The average Bonchev–Trinajstić information content (AvgIpc) is 3.00. The number of fused-ring (bicyclic) bond motifs is 5. The van der Waals surface area contributed by atoms with E-state index >= 15 is 0 Å². The molecule has 4 fully saturated rings. The molecule has 0 saturated heterocycles. The van der Waals surface area contributed by atoms with Gasteiger partial charge < -0.3 is 5.11 Å². The second-order valence-electron chi connectivity index (χ2n) is 11.9. The molecule has 33 heavy (non-hydrogen) atoms. The third kappa shape index (κ3) is 3.35. The van der Waals surface area contributed by atoms with Gasteiger partial charge >= 0.3 is 6.18 Å². The Labute approximate surface area is 210 Å². The second-order valence-corrected chi connectivity index (χ2v) is 11.9. The quantitative estimate of drug-likeness (QED) is 0.166. The summed E-state index contributed by atoms with van der Waals surface area (Å²) >= 11 is 0. The van der Waals surface area contributed by atoms with Crippen molar-refractivity contribution in [1.29, 1.82) is 0 Å². The van der Waals surface area contributed by atoms with Crippen LogP contribution in [0.25, 0.3) is 0 Å². The van der Waals surface area contributed by atoms with Crippen LogP contribution in [0.2, 0.25) is 0 Å². The Kier molecular flexibility index (Phi) is 6.62. The number of alkyl halides is 3. The Morgan fingerprint density at radius 3 is 2.24 bits per heavy atom. The van der Waals surface area contributed by atoms with Gasteiger partial charge in [0, 0.05) is 24.9 Å². The van der Waals surface area contributed by atoms with E-state index in [1.807, 2.05) is 6.92 Å².